The van der Waals surface area contributed by atoms with Gasteiger partial charge in [0.2, 0.25) is 0 Å². The van der Waals surface area contributed by atoms with Gasteiger partial charge in [-0.3, -0.25) is 0 Å². The number of alkyl halides is 3. The number of thioether (sulfide) groups is 1. The van der Waals surface area contributed by atoms with Crippen molar-refractivity contribution in [2.24, 2.45) is 0 Å². The molecular formula is C11H13BrF3NOS. The highest BCUT2D eigenvalue weighted by Crippen LogP contribution is 2.32. The molecule has 1 N–H and O–H groups in total. The monoisotopic (exact) mass is 343 g/mol. The molecule has 0 aliphatic rings. The molecule has 0 aromatic heterocycles. The van der Waals surface area contributed by atoms with Gasteiger partial charge in [0, 0.05) is 17.9 Å². The number of para-hydroxylation sites is 1. The first-order valence-corrected chi connectivity index (χ1v) is 6.97. The van der Waals surface area contributed by atoms with Crippen LogP contribution in [0.25, 0.3) is 0 Å². The molecule has 0 unspecified atom stereocenters. The lowest BCUT2D eigenvalue weighted by atomic mass is 10.2. The summed E-state index contributed by atoms with van der Waals surface area (Å²) in [6.45, 7) is 0.616. The number of hydrogen-bond donors (Lipinski definition) is 1. The number of nitrogens with one attached hydrogen (secondary N) is 1. The van der Waals surface area contributed by atoms with Crippen LogP contribution in [0.2, 0.25) is 0 Å². The van der Waals surface area contributed by atoms with Crippen LogP contribution >= 0.6 is 27.7 Å². The van der Waals surface area contributed by atoms with Crippen LogP contribution in [0.1, 0.15) is 5.56 Å². The molecule has 7 heteroatoms. The standard InChI is InChI=1S/C11H13BrF3NOS/c1-16-7-8-3-2-4-9(12)10(8)17-5-6-18-11(13,14)15/h2-4,16H,5-7H2,1H3. The SMILES string of the molecule is CNCc1cccc(Br)c1OCCSC(F)(F)F. The van der Waals surface area contributed by atoms with Crippen LogP contribution in [0.15, 0.2) is 22.7 Å². The van der Waals surface area contributed by atoms with Crippen LogP contribution < -0.4 is 10.1 Å². The molecule has 0 saturated carbocycles. The Labute approximate surface area is 116 Å². The third-order valence-corrected chi connectivity index (χ3v) is 3.33. The fourth-order valence-electron chi connectivity index (χ4n) is 1.35. The molecule has 0 saturated heterocycles. The molecule has 0 heterocycles. The average Bonchev–Trinajstić information content (AvgIpc) is 2.26. The van der Waals surface area contributed by atoms with Crippen molar-refractivity contribution < 1.29 is 17.9 Å². The Hall–Kier alpha value is -0.400. The van der Waals surface area contributed by atoms with Crippen molar-refractivity contribution in [1.29, 1.82) is 0 Å². The van der Waals surface area contributed by atoms with E-state index in [1.54, 1.807) is 13.1 Å². The zero-order chi connectivity index (χ0) is 13.6. The van der Waals surface area contributed by atoms with Crippen LogP contribution in [0.4, 0.5) is 13.2 Å². The molecule has 1 aromatic carbocycles. The Morgan fingerprint density at radius 2 is 2.11 bits per heavy atom. The summed E-state index contributed by atoms with van der Waals surface area (Å²) in [6, 6.07) is 5.52. The van der Waals surface area contributed by atoms with Gasteiger partial charge >= 0.3 is 5.51 Å². The first-order valence-electron chi connectivity index (χ1n) is 5.19. The van der Waals surface area contributed by atoms with Gasteiger partial charge in [0.25, 0.3) is 0 Å². The maximum atomic E-state index is 11.9. The first-order chi connectivity index (χ1) is 8.44. The lowest BCUT2D eigenvalue weighted by Gasteiger charge is -2.13. The van der Waals surface area contributed by atoms with Gasteiger partial charge < -0.3 is 10.1 Å². The van der Waals surface area contributed by atoms with Gasteiger partial charge in [0.15, 0.2) is 0 Å². The number of halogens is 4. The van der Waals surface area contributed by atoms with Crippen molar-refractivity contribution in [2.45, 2.75) is 12.1 Å². The van der Waals surface area contributed by atoms with E-state index >= 15 is 0 Å². The molecule has 1 aromatic rings. The van der Waals surface area contributed by atoms with Crippen LogP contribution in [0.5, 0.6) is 5.75 Å². The minimum absolute atomic E-state index is 0.0174. The molecule has 2 nitrogen and oxygen atoms in total. The molecular weight excluding hydrogens is 331 g/mol. The van der Waals surface area contributed by atoms with Gasteiger partial charge in [-0.1, -0.05) is 12.1 Å². The van der Waals surface area contributed by atoms with E-state index in [9.17, 15) is 13.2 Å². The molecule has 0 fully saturated rings. The lowest BCUT2D eigenvalue weighted by molar-refractivity contribution is -0.0329. The number of ether oxygens (including phenoxy) is 1. The molecule has 0 spiro atoms. The Bertz CT molecular complexity index is 387. The highest BCUT2D eigenvalue weighted by molar-refractivity contribution is 9.10. The molecule has 102 valence electrons. The summed E-state index contributed by atoms with van der Waals surface area (Å²) < 4.78 is 42.0. The summed E-state index contributed by atoms with van der Waals surface area (Å²) in [5.74, 6) is 0.471. The van der Waals surface area contributed by atoms with E-state index in [-0.39, 0.29) is 24.1 Å². The highest BCUT2D eigenvalue weighted by atomic mass is 79.9. The third-order valence-electron chi connectivity index (χ3n) is 2.01. The quantitative estimate of drug-likeness (QED) is 0.794. The Balaban J connectivity index is 2.55. The Kier molecular flexibility index (Phi) is 6.31. The fourth-order valence-corrected chi connectivity index (χ4v) is 2.27. The molecule has 0 atom stereocenters. The zero-order valence-corrected chi connectivity index (χ0v) is 12.1. The molecule has 0 amide bonds. The van der Waals surface area contributed by atoms with E-state index in [1.807, 2.05) is 12.1 Å². The van der Waals surface area contributed by atoms with Crippen LogP contribution in [0.3, 0.4) is 0 Å². The van der Waals surface area contributed by atoms with Crippen molar-refractivity contribution in [3.05, 3.63) is 28.2 Å². The van der Waals surface area contributed by atoms with E-state index in [0.717, 1.165) is 10.0 Å². The Morgan fingerprint density at radius 3 is 2.72 bits per heavy atom. The molecule has 18 heavy (non-hydrogen) atoms. The van der Waals surface area contributed by atoms with Gasteiger partial charge in [-0.05, 0) is 40.8 Å². The van der Waals surface area contributed by atoms with E-state index in [1.165, 1.54) is 0 Å². The second-order valence-electron chi connectivity index (χ2n) is 3.40. The highest BCUT2D eigenvalue weighted by Gasteiger charge is 2.27. The van der Waals surface area contributed by atoms with Crippen LogP contribution in [-0.2, 0) is 6.54 Å². The largest absolute Gasteiger partial charge is 0.491 e. The second-order valence-corrected chi connectivity index (χ2v) is 5.42. The van der Waals surface area contributed by atoms with Crippen LogP contribution in [0, 0.1) is 0 Å². The zero-order valence-electron chi connectivity index (χ0n) is 9.68. The lowest BCUT2D eigenvalue weighted by Crippen LogP contribution is -2.11. The molecule has 0 radical (unpaired) electrons. The van der Waals surface area contributed by atoms with Crippen LogP contribution in [-0.4, -0.2) is 24.9 Å². The van der Waals surface area contributed by atoms with Gasteiger partial charge in [0.1, 0.15) is 5.75 Å². The smallest absolute Gasteiger partial charge is 0.441 e. The van der Waals surface area contributed by atoms with E-state index < -0.39 is 5.51 Å². The predicted molar refractivity (Wildman–Crippen MR) is 70.9 cm³/mol. The summed E-state index contributed by atoms with van der Waals surface area (Å²) in [5, 5.41) is 2.98. The van der Waals surface area contributed by atoms with Crippen molar-refractivity contribution in [3.63, 3.8) is 0 Å². The summed E-state index contributed by atoms with van der Waals surface area (Å²) in [6.07, 6.45) is 0. The minimum Gasteiger partial charge on any atom is -0.491 e. The molecule has 1 rings (SSSR count). The van der Waals surface area contributed by atoms with E-state index in [0.29, 0.717) is 12.3 Å². The fraction of sp³-hybridized carbons (Fsp3) is 0.455. The minimum atomic E-state index is -4.20. The van der Waals surface area contributed by atoms with E-state index in [2.05, 4.69) is 21.2 Å². The topological polar surface area (TPSA) is 21.3 Å². The molecule has 0 aliphatic carbocycles. The van der Waals surface area contributed by atoms with Crippen molar-refractivity contribution in [1.82, 2.24) is 5.32 Å². The number of benzene rings is 1. The number of rotatable bonds is 6. The van der Waals surface area contributed by atoms with Gasteiger partial charge in [-0.25, -0.2) is 0 Å². The normalized spacial score (nSPS) is 11.6. The van der Waals surface area contributed by atoms with Gasteiger partial charge in [-0.15, -0.1) is 0 Å². The van der Waals surface area contributed by atoms with Gasteiger partial charge in [-0.2, -0.15) is 13.2 Å². The second kappa shape index (κ2) is 7.25. The maximum absolute atomic E-state index is 11.9. The van der Waals surface area contributed by atoms with Crippen molar-refractivity contribution in [2.75, 3.05) is 19.4 Å². The summed E-state index contributed by atoms with van der Waals surface area (Å²) >= 11 is 3.25. The first kappa shape index (κ1) is 15.7. The average molecular weight is 344 g/mol. The number of hydrogen-bond acceptors (Lipinski definition) is 3. The summed E-state index contributed by atoms with van der Waals surface area (Å²) in [5.41, 5.74) is -3.30. The third kappa shape index (κ3) is 5.49. The van der Waals surface area contributed by atoms with Crippen molar-refractivity contribution >= 4 is 27.7 Å². The maximum Gasteiger partial charge on any atom is 0.441 e. The van der Waals surface area contributed by atoms with E-state index in [4.69, 9.17) is 4.74 Å². The van der Waals surface area contributed by atoms with Gasteiger partial charge in [0.05, 0.1) is 11.1 Å². The predicted octanol–water partition coefficient (Wildman–Crippen LogP) is 3.80. The molecule has 0 aliphatic heterocycles. The Morgan fingerprint density at radius 1 is 1.39 bits per heavy atom. The molecule has 0 bridgehead atoms. The summed E-state index contributed by atoms with van der Waals surface area (Å²) in [4.78, 5) is 0. The van der Waals surface area contributed by atoms with Crippen molar-refractivity contribution in [3.8, 4) is 5.75 Å². The summed E-state index contributed by atoms with van der Waals surface area (Å²) in [7, 11) is 1.80.